The molecule has 154 valence electrons. The van der Waals surface area contributed by atoms with Crippen LogP contribution < -0.4 is 0 Å². The number of benzene rings is 1. The number of unbranched alkanes of at least 4 members (excludes halogenated alkanes) is 3. The Kier molecular flexibility index (Phi) is 8.82. The average molecular weight is 388 g/mol. The summed E-state index contributed by atoms with van der Waals surface area (Å²) in [6, 6.07) is 13.2. The van der Waals surface area contributed by atoms with E-state index >= 15 is 0 Å². The maximum Gasteiger partial charge on any atom is 0.113 e. The zero-order valence-electron chi connectivity index (χ0n) is 18.4. The van der Waals surface area contributed by atoms with Crippen molar-refractivity contribution in [2.45, 2.75) is 90.4 Å². The second-order valence-corrected chi connectivity index (χ2v) is 8.74. The van der Waals surface area contributed by atoms with Gasteiger partial charge in [0, 0.05) is 11.8 Å². The summed E-state index contributed by atoms with van der Waals surface area (Å²) in [5.41, 5.74) is 4.76. The highest BCUT2D eigenvalue weighted by atomic mass is 14.7. The fourth-order valence-electron chi connectivity index (χ4n) is 4.57. The van der Waals surface area contributed by atoms with Crippen molar-refractivity contribution in [2.24, 2.45) is 5.92 Å². The van der Waals surface area contributed by atoms with Crippen molar-refractivity contribution in [1.29, 1.82) is 0 Å². The molecule has 1 heterocycles. The highest BCUT2D eigenvalue weighted by molar-refractivity contribution is 5.41. The molecule has 1 saturated carbocycles. The molecule has 2 aromatic rings. The lowest BCUT2D eigenvalue weighted by atomic mass is 9.77. The summed E-state index contributed by atoms with van der Waals surface area (Å²) in [4.78, 5) is 4.53. The summed E-state index contributed by atoms with van der Waals surface area (Å²) in [5.74, 6) is 8.22. The van der Waals surface area contributed by atoms with Gasteiger partial charge in [0.15, 0.2) is 0 Å². The molecule has 0 radical (unpaired) electrons. The van der Waals surface area contributed by atoms with Crippen LogP contribution >= 0.6 is 0 Å². The average Bonchev–Trinajstić information content (AvgIpc) is 2.77. The molecule has 0 amide bonds. The first kappa shape index (κ1) is 21.6. The predicted octanol–water partition coefficient (Wildman–Crippen LogP) is 7.68. The molecule has 0 atom stereocenters. The van der Waals surface area contributed by atoms with E-state index in [2.05, 4.69) is 67.1 Å². The van der Waals surface area contributed by atoms with Gasteiger partial charge in [-0.25, -0.2) is 4.98 Å². The Morgan fingerprint density at radius 2 is 1.62 bits per heavy atom. The summed E-state index contributed by atoms with van der Waals surface area (Å²) in [6.07, 6.45) is 16.6. The quantitative estimate of drug-likeness (QED) is 0.334. The van der Waals surface area contributed by atoms with Gasteiger partial charge in [0.05, 0.1) is 0 Å². The van der Waals surface area contributed by atoms with Gasteiger partial charge in [-0.3, -0.25) is 0 Å². The van der Waals surface area contributed by atoms with Gasteiger partial charge in [-0.1, -0.05) is 70.1 Å². The smallest absolute Gasteiger partial charge is 0.113 e. The van der Waals surface area contributed by atoms with Gasteiger partial charge < -0.3 is 0 Å². The third-order valence-electron chi connectivity index (χ3n) is 6.40. The van der Waals surface area contributed by atoms with Gasteiger partial charge in [0.25, 0.3) is 0 Å². The number of aryl methyl sites for hydroxylation is 1. The van der Waals surface area contributed by atoms with Crippen LogP contribution in [0.15, 0.2) is 42.6 Å². The molecule has 0 spiro atoms. The first-order chi connectivity index (χ1) is 14.3. The molecule has 0 saturated heterocycles. The number of nitrogens with zero attached hydrogens (tertiary/aromatic N) is 1. The molecule has 3 rings (SSSR count). The second kappa shape index (κ2) is 11.8. The van der Waals surface area contributed by atoms with Crippen LogP contribution in [0, 0.1) is 17.8 Å². The summed E-state index contributed by atoms with van der Waals surface area (Å²) in [7, 11) is 0. The van der Waals surface area contributed by atoms with Crippen molar-refractivity contribution in [3.8, 4) is 11.8 Å². The van der Waals surface area contributed by atoms with E-state index in [4.69, 9.17) is 0 Å². The lowest BCUT2D eigenvalue weighted by Gasteiger charge is -2.28. The largest absolute Gasteiger partial charge is 0.248 e. The summed E-state index contributed by atoms with van der Waals surface area (Å²) in [6.45, 7) is 4.56. The van der Waals surface area contributed by atoms with Crippen LogP contribution in [0.3, 0.4) is 0 Å². The van der Waals surface area contributed by atoms with E-state index in [0.29, 0.717) is 0 Å². The third-order valence-corrected chi connectivity index (χ3v) is 6.40. The summed E-state index contributed by atoms with van der Waals surface area (Å²) >= 11 is 0. The third kappa shape index (κ3) is 7.04. The van der Waals surface area contributed by atoms with Crippen molar-refractivity contribution in [3.63, 3.8) is 0 Å². The van der Waals surface area contributed by atoms with Crippen molar-refractivity contribution in [3.05, 3.63) is 65.0 Å². The van der Waals surface area contributed by atoms with Gasteiger partial charge in [0.2, 0.25) is 0 Å². The topological polar surface area (TPSA) is 12.9 Å². The highest BCUT2D eigenvalue weighted by Crippen LogP contribution is 2.37. The van der Waals surface area contributed by atoms with Gasteiger partial charge >= 0.3 is 0 Å². The summed E-state index contributed by atoms with van der Waals surface area (Å²) in [5, 5.41) is 0. The van der Waals surface area contributed by atoms with Gasteiger partial charge in [-0.05, 0) is 85.6 Å². The molecule has 1 nitrogen and oxygen atoms in total. The Morgan fingerprint density at radius 3 is 2.28 bits per heavy atom. The standard InChI is InChI=1S/C28H37N/c1-3-5-6-7-9-25-15-21-28(29-22-25)20-14-24-12-18-27(19-13-24)26-16-10-23(8-4-2)11-17-26/h12-13,15,18-19,21-23,26H,3-11,16-17H2,1-2H3. The molecule has 29 heavy (non-hydrogen) atoms. The molecule has 1 aromatic carbocycles. The van der Waals surface area contributed by atoms with Crippen molar-refractivity contribution >= 4 is 0 Å². The van der Waals surface area contributed by atoms with E-state index in [1.54, 1.807) is 0 Å². The van der Waals surface area contributed by atoms with Crippen LogP contribution in [0.5, 0.6) is 0 Å². The zero-order chi connectivity index (χ0) is 20.3. The van der Waals surface area contributed by atoms with Gasteiger partial charge in [-0.2, -0.15) is 0 Å². The van der Waals surface area contributed by atoms with Gasteiger partial charge in [-0.15, -0.1) is 0 Å². The maximum atomic E-state index is 4.53. The van der Waals surface area contributed by atoms with E-state index < -0.39 is 0 Å². The molecular weight excluding hydrogens is 350 g/mol. The fraction of sp³-hybridized carbons (Fsp3) is 0.536. The maximum absolute atomic E-state index is 4.53. The van der Waals surface area contributed by atoms with Crippen LogP contribution in [0.1, 0.15) is 106 Å². The number of pyridine rings is 1. The van der Waals surface area contributed by atoms with E-state index in [1.165, 1.54) is 75.3 Å². The van der Waals surface area contributed by atoms with E-state index in [-0.39, 0.29) is 0 Å². The minimum Gasteiger partial charge on any atom is -0.248 e. The molecular formula is C28H37N. The van der Waals surface area contributed by atoms with Crippen LogP contribution in [-0.2, 0) is 6.42 Å². The van der Waals surface area contributed by atoms with E-state index in [1.807, 2.05) is 6.20 Å². The minimum atomic E-state index is 0.747. The lowest BCUT2D eigenvalue weighted by molar-refractivity contribution is 0.308. The zero-order valence-corrected chi connectivity index (χ0v) is 18.4. The fourth-order valence-corrected chi connectivity index (χ4v) is 4.57. The molecule has 1 fully saturated rings. The lowest BCUT2D eigenvalue weighted by Crippen LogP contribution is -2.13. The van der Waals surface area contributed by atoms with E-state index in [0.717, 1.165) is 29.5 Å². The molecule has 0 aliphatic heterocycles. The highest BCUT2D eigenvalue weighted by Gasteiger charge is 2.21. The van der Waals surface area contributed by atoms with Crippen molar-refractivity contribution in [1.82, 2.24) is 4.98 Å². The molecule has 1 aliphatic rings. The molecule has 0 unspecified atom stereocenters. The minimum absolute atomic E-state index is 0.747. The Balaban J connectivity index is 1.51. The Morgan fingerprint density at radius 1 is 0.828 bits per heavy atom. The number of aromatic nitrogens is 1. The number of hydrogen-bond donors (Lipinski definition) is 0. The number of hydrogen-bond acceptors (Lipinski definition) is 1. The van der Waals surface area contributed by atoms with Gasteiger partial charge in [0.1, 0.15) is 5.69 Å². The molecule has 1 heteroatoms. The van der Waals surface area contributed by atoms with Crippen LogP contribution in [0.4, 0.5) is 0 Å². The normalized spacial score (nSPS) is 18.8. The molecule has 0 bridgehead atoms. The SMILES string of the molecule is CCCCCCc1ccc(C#Cc2ccc(C3CCC(CCC)CC3)cc2)nc1. The summed E-state index contributed by atoms with van der Waals surface area (Å²) < 4.78 is 0. The molecule has 0 N–H and O–H groups in total. The van der Waals surface area contributed by atoms with Crippen molar-refractivity contribution in [2.75, 3.05) is 0 Å². The number of rotatable bonds is 8. The molecule has 1 aromatic heterocycles. The van der Waals surface area contributed by atoms with Crippen LogP contribution in [-0.4, -0.2) is 4.98 Å². The Labute approximate surface area is 178 Å². The predicted molar refractivity (Wildman–Crippen MR) is 124 cm³/mol. The van der Waals surface area contributed by atoms with Crippen molar-refractivity contribution < 1.29 is 0 Å². The second-order valence-electron chi connectivity index (χ2n) is 8.74. The molecule has 1 aliphatic carbocycles. The van der Waals surface area contributed by atoms with E-state index in [9.17, 15) is 0 Å². The van der Waals surface area contributed by atoms with Crippen LogP contribution in [0.25, 0.3) is 0 Å². The first-order valence-electron chi connectivity index (χ1n) is 11.9. The van der Waals surface area contributed by atoms with Crippen LogP contribution in [0.2, 0.25) is 0 Å². The Hall–Kier alpha value is -2.07. The first-order valence-corrected chi connectivity index (χ1v) is 11.9. The monoisotopic (exact) mass is 387 g/mol. The Bertz CT molecular complexity index is 768.